The minimum atomic E-state index is -0.677. The Kier molecular flexibility index (Phi) is 6.61. The van der Waals surface area contributed by atoms with Gasteiger partial charge in [0, 0.05) is 23.6 Å². The van der Waals surface area contributed by atoms with Gasteiger partial charge >= 0.3 is 5.97 Å². The molecule has 0 atom stereocenters. The van der Waals surface area contributed by atoms with E-state index in [2.05, 4.69) is 9.82 Å². The summed E-state index contributed by atoms with van der Waals surface area (Å²) < 4.78 is 35.0. The van der Waals surface area contributed by atoms with Crippen LogP contribution in [-0.4, -0.2) is 27.8 Å². The number of aromatic nitrogens is 3. The molecule has 2 aromatic heterocycles. The number of halogens is 2. The number of fused-ring (bicyclic) bond motifs is 1. The van der Waals surface area contributed by atoms with Gasteiger partial charge in [0.1, 0.15) is 23.1 Å². The average Bonchev–Trinajstić information content (AvgIpc) is 3.28. The minimum Gasteiger partial charge on any atom is -0.497 e. The molecule has 37 heavy (non-hydrogen) atoms. The number of carbonyl (C=O) groups is 1. The molecule has 0 saturated carbocycles. The van der Waals surface area contributed by atoms with Crippen LogP contribution in [0.25, 0.3) is 22.3 Å². The van der Waals surface area contributed by atoms with Crippen molar-refractivity contribution in [2.75, 3.05) is 7.11 Å². The lowest BCUT2D eigenvalue weighted by Gasteiger charge is -2.06. The highest BCUT2D eigenvalue weighted by molar-refractivity contribution is 5.95. The molecular weight excluding hydrogens is 478 g/mol. The fourth-order valence-corrected chi connectivity index (χ4v) is 4.19. The van der Waals surface area contributed by atoms with Crippen molar-refractivity contribution in [3.63, 3.8) is 0 Å². The third kappa shape index (κ3) is 5.03. The molecular formula is C28H22F2N4O3. The lowest BCUT2D eigenvalue weighted by atomic mass is 10.0. The Labute approximate surface area is 211 Å². The summed E-state index contributed by atoms with van der Waals surface area (Å²) in [5, 5.41) is 5.50. The molecule has 5 rings (SSSR count). The summed E-state index contributed by atoms with van der Waals surface area (Å²) in [6, 6.07) is 19.6. The second-order valence-electron chi connectivity index (χ2n) is 8.47. The lowest BCUT2D eigenvalue weighted by molar-refractivity contribution is 0.0503. The SMILES string of the molecule is COc1ccc(Cn2nc(-c3cccc(C(=O)ON)c3)c3cc(Cc4cc(F)ccc4F)cnc32)cc1. The van der Waals surface area contributed by atoms with Crippen molar-refractivity contribution in [3.8, 4) is 17.0 Å². The third-order valence-electron chi connectivity index (χ3n) is 6.02. The van der Waals surface area contributed by atoms with Crippen molar-refractivity contribution in [1.82, 2.24) is 14.8 Å². The van der Waals surface area contributed by atoms with Crippen LogP contribution in [0.4, 0.5) is 8.78 Å². The zero-order valence-electron chi connectivity index (χ0n) is 19.8. The molecule has 0 aliphatic rings. The molecule has 3 aromatic carbocycles. The number of nitrogens with two attached hydrogens (primary N) is 1. The third-order valence-corrected chi connectivity index (χ3v) is 6.02. The van der Waals surface area contributed by atoms with E-state index in [1.54, 1.807) is 36.2 Å². The molecule has 7 nitrogen and oxygen atoms in total. The highest BCUT2D eigenvalue weighted by Gasteiger charge is 2.17. The molecule has 0 saturated heterocycles. The van der Waals surface area contributed by atoms with Crippen LogP contribution in [0, 0.1) is 11.6 Å². The van der Waals surface area contributed by atoms with Gasteiger partial charge in [-0.25, -0.2) is 23.2 Å². The lowest BCUT2D eigenvalue weighted by Crippen LogP contribution is -2.09. The normalized spacial score (nSPS) is 11.0. The number of nitrogens with zero attached hydrogens (tertiary/aromatic N) is 3. The van der Waals surface area contributed by atoms with Gasteiger partial charge < -0.3 is 9.57 Å². The van der Waals surface area contributed by atoms with Gasteiger partial charge in [-0.1, -0.05) is 24.3 Å². The van der Waals surface area contributed by atoms with Gasteiger partial charge in [0.25, 0.3) is 0 Å². The summed E-state index contributed by atoms with van der Waals surface area (Å²) >= 11 is 0. The van der Waals surface area contributed by atoms with Crippen molar-refractivity contribution in [2.45, 2.75) is 13.0 Å². The first-order valence-electron chi connectivity index (χ1n) is 11.4. The summed E-state index contributed by atoms with van der Waals surface area (Å²) in [5.41, 5.74) is 3.97. The van der Waals surface area contributed by atoms with Gasteiger partial charge in [-0.05, 0) is 65.2 Å². The Morgan fingerprint density at radius 1 is 1.00 bits per heavy atom. The summed E-state index contributed by atoms with van der Waals surface area (Å²) in [5.74, 6) is 4.12. The van der Waals surface area contributed by atoms with Crippen LogP contribution in [0.5, 0.6) is 5.75 Å². The second-order valence-corrected chi connectivity index (χ2v) is 8.47. The molecule has 0 aliphatic heterocycles. The van der Waals surface area contributed by atoms with E-state index in [1.807, 2.05) is 36.4 Å². The van der Waals surface area contributed by atoms with Gasteiger partial charge in [0.05, 0.1) is 19.2 Å². The molecule has 0 aliphatic carbocycles. The Bertz CT molecular complexity index is 1600. The average molecular weight is 501 g/mol. The maximum atomic E-state index is 14.3. The fourth-order valence-electron chi connectivity index (χ4n) is 4.19. The summed E-state index contributed by atoms with van der Waals surface area (Å²) in [4.78, 5) is 21.0. The highest BCUT2D eigenvalue weighted by atomic mass is 19.1. The number of rotatable bonds is 7. The second kappa shape index (κ2) is 10.2. The van der Waals surface area contributed by atoms with E-state index in [9.17, 15) is 13.6 Å². The van der Waals surface area contributed by atoms with Crippen LogP contribution in [0.2, 0.25) is 0 Å². The van der Waals surface area contributed by atoms with Gasteiger partial charge in [0.2, 0.25) is 0 Å². The molecule has 2 heterocycles. The molecule has 0 fully saturated rings. The number of benzene rings is 3. The maximum absolute atomic E-state index is 14.3. The minimum absolute atomic E-state index is 0.148. The first kappa shape index (κ1) is 24.1. The van der Waals surface area contributed by atoms with Gasteiger partial charge in [-0.3, -0.25) is 0 Å². The van der Waals surface area contributed by atoms with Crippen LogP contribution >= 0.6 is 0 Å². The standard InChI is InChI=1S/C28H22F2N4O3/c1-36-23-8-5-17(6-9-23)16-34-27-24(26(33-34)19-3-2-4-20(13-19)28(35)37-31)12-18(15-32-27)11-21-14-22(29)7-10-25(21)30/h2-10,12-15H,11,16,31H2,1H3. The number of ether oxygens (including phenoxy) is 1. The summed E-state index contributed by atoms with van der Waals surface area (Å²) in [6.45, 7) is 0.426. The van der Waals surface area contributed by atoms with E-state index >= 15 is 0 Å². The van der Waals surface area contributed by atoms with Gasteiger partial charge in [-0.2, -0.15) is 11.0 Å². The fraction of sp³-hybridized carbons (Fsp3) is 0.107. The van der Waals surface area contributed by atoms with Gasteiger partial charge in [0.15, 0.2) is 5.65 Å². The van der Waals surface area contributed by atoms with E-state index in [4.69, 9.17) is 15.7 Å². The molecule has 9 heteroatoms. The van der Waals surface area contributed by atoms with Crippen molar-refractivity contribution in [2.24, 2.45) is 5.90 Å². The predicted molar refractivity (Wildman–Crippen MR) is 134 cm³/mol. The monoisotopic (exact) mass is 500 g/mol. The summed E-state index contributed by atoms with van der Waals surface area (Å²) in [6.07, 6.45) is 1.78. The Morgan fingerprint density at radius 2 is 1.81 bits per heavy atom. The van der Waals surface area contributed by atoms with E-state index in [-0.39, 0.29) is 17.5 Å². The quantitative estimate of drug-likeness (QED) is 0.314. The topological polar surface area (TPSA) is 92.3 Å². The molecule has 0 spiro atoms. The van der Waals surface area contributed by atoms with E-state index in [1.165, 1.54) is 6.07 Å². The Morgan fingerprint density at radius 3 is 2.57 bits per heavy atom. The largest absolute Gasteiger partial charge is 0.497 e. The van der Waals surface area contributed by atoms with Crippen LogP contribution in [-0.2, 0) is 17.8 Å². The number of hydrogen-bond acceptors (Lipinski definition) is 6. The number of carbonyl (C=O) groups excluding carboxylic acids is 1. The molecule has 0 bridgehead atoms. The van der Waals surface area contributed by atoms with Crippen molar-refractivity contribution < 1.29 is 23.1 Å². The van der Waals surface area contributed by atoms with E-state index in [0.29, 0.717) is 34.4 Å². The number of methoxy groups -OCH3 is 1. The summed E-state index contributed by atoms with van der Waals surface area (Å²) in [7, 11) is 1.61. The Hall–Kier alpha value is -4.63. The molecule has 0 unspecified atom stereocenters. The van der Waals surface area contributed by atoms with Crippen LogP contribution in [0.15, 0.2) is 79.0 Å². The van der Waals surface area contributed by atoms with Crippen LogP contribution < -0.4 is 10.6 Å². The van der Waals surface area contributed by atoms with E-state index in [0.717, 1.165) is 23.4 Å². The zero-order valence-corrected chi connectivity index (χ0v) is 19.8. The first-order chi connectivity index (χ1) is 17.9. The maximum Gasteiger partial charge on any atom is 0.356 e. The first-order valence-corrected chi connectivity index (χ1v) is 11.4. The van der Waals surface area contributed by atoms with E-state index < -0.39 is 17.6 Å². The number of pyridine rings is 1. The Balaban J connectivity index is 1.61. The van der Waals surface area contributed by atoms with Crippen LogP contribution in [0.3, 0.4) is 0 Å². The molecule has 186 valence electrons. The van der Waals surface area contributed by atoms with Crippen molar-refractivity contribution in [1.29, 1.82) is 0 Å². The van der Waals surface area contributed by atoms with Crippen LogP contribution in [0.1, 0.15) is 27.0 Å². The highest BCUT2D eigenvalue weighted by Crippen LogP contribution is 2.30. The zero-order chi connectivity index (χ0) is 25.9. The smallest absolute Gasteiger partial charge is 0.356 e. The van der Waals surface area contributed by atoms with Crippen molar-refractivity contribution >= 4 is 17.0 Å². The number of hydrogen-bond donors (Lipinski definition) is 1. The van der Waals surface area contributed by atoms with Gasteiger partial charge in [-0.15, -0.1) is 0 Å². The van der Waals surface area contributed by atoms with Crippen molar-refractivity contribution in [3.05, 3.63) is 113 Å². The molecule has 2 N–H and O–H groups in total. The molecule has 0 radical (unpaired) electrons. The molecule has 0 amide bonds. The molecule has 5 aromatic rings. The predicted octanol–water partition coefficient (Wildman–Crippen LogP) is 5.05.